The van der Waals surface area contributed by atoms with E-state index in [2.05, 4.69) is 280 Å². The molecule has 0 radical (unpaired) electrons. The summed E-state index contributed by atoms with van der Waals surface area (Å²) in [6, 6.07) is 51.8. The first kappa shape index (κ1) is 52.8. The van der Waals surface area contributed by atoms with E-state index < -0.39 is 8.07 Å². The van der Waals surface area contributed by atoms with Gasteiger partial charge in [-0.05, 0) is 147 Å². The van der Waals surface area contributed by atoms with Gasteiger partial charge in [0, 0.05) is 0 Å². The van der Waals surface area contributed by atoms with Crippen molar-refractivity contribution >= 4 is 23.6 Å². The molecule has 1 heteroatoms. The Balaban J connectivity index is 1.65. The number of benzene rings is 6. The monoisotopic (exact) mass is 945 g/mol. The largest absolute Gasteiger partial charge is 0.176 e. The third kappa shape index (κ3) is 10.4. The zero-order valence-corrected chi connectivity index (χ0v) is 48.7. The zero-order chi connectivity index (χ0) is 51.9. The lowest BCUT2D eigenvalue weighted by Gasteiger charge is -2.39. The van der Waals surface area contributed by atoms with Gasteiger partial charge in [0.2, 0.25) is 0 Å². The van der Waals surface area contributed by atoms with E-state index in [1.807, 2.05) is 0 Å². The van der Waals surface area contributed by atoms with Crippen LogP contribution in [0.15, 0.2) is 149 Å². The maximum atomic E-state index is 2.62. The highest BCUT2D eigenvalue weighted by molar-refractivity contribution is 7.16. The van der Waals surface area contributed by atoms with Crippen LogP contribution in [-0.2, 0) is 32.5 Å². The van der Waals surface area contributed by atoms with Crippen LogP contribution in [0.3, 0.4) is 0 Å². The Bertz CT molecular complexity index is 2620. The van der Waals surface area contributed by atoms with Crippen molar-refractivity contribution in [2.24, 2.45) is 5.92 Å². The quantitative estimate of drug-likeness (QED) is 0.111. The second-order valence-electron chi connectivity index (χ2n) is 27.5. The molecule has 0 fully saturated rings. The van der Waals surface area contributed by atoms with Crippen molar-refractivity contribution in [3.8, 4) is 33.4 Å². The minimum atomic E-state index is -3.16. The van der Waals surface area contributed by atoms with E-state index >= 15 is 0 Å². The van der Waals surface area contributed by atoms with Crippen molar-refractivity contribution < 1.29 is 0 Å². The molecular formula is C69H88Si. The highest BCUT2D eigenvalue weighted by Gasteiger charge is 2.48. The number of rotatable bonds is 7. The van der Waals surface area contributed by atoms with Gasteiger partial charge in [0.1, 0.15) is 0 Å². The van der Waals surface area contributed by atoms with Crippen LogP contribution >= 0.6 is 0 Å². The smallest absolute Gasteiger partial charge is 0.0636 e. The summed E-state index contributed by atoms with van der Waals surface area (Å²) in [4.78, 5) is 0. The summed E-state index contributed by atoms with van der Waals surface area (Å²) in [5.41, 5.74) is 20.4. The average molecular weight is 946 g/mol. The van der Waals surface area contributed by atoms with Crippen molar-refractivity contribution in [1.29, 1.82) is 0 Å². The minimum Gasteiger partial charge on any atom is -0.0636 e. The normalized spacial score (nSPS) is 15.6. The third-order valence-electron chi connectivity index (χ3n) is 15.9. The number of hydrogen-bond acceptors (Lipinski definition) is 0. The van der Waals surface area contributed by atoms with E-state index in [4.69, 9.17) is 0 Å². The summed E-state index contributed by atoms with van der Waals surface area (Å²) in [7, 11) is -3.16. The van der Waals surface area contributed by atoms with Crippen LogP contribution in [0.25, 0.3) is 33.4 Å². The van der Waals surface area contributed by atoms with Crippen LogP contribution < -0.4 is 15.6 Å². The van der Waals surface area contributed by atoms with Crippen molar-refractivity contribution in [2.75, 3.05) is 0 Å². The Hall–Kier alpha value is -4.98. The molecule has 70 heavy (non-hydrogen) atoms. The van der Waals surface area contributed by atoms with E-state index in [1.54, 1.807) is 5.20 Å². The highest BCUT2D eigenvalue weighted by atomic mass is 28.3. The molecule has 0 saturated carbocycles. The van der Waals surface area contributed by atoms with E-state index in [0.717, 1.165) is 0 Å². The highest BCUT2D eigenvalue weighted by Crippen LogP contribution is 2.44. The Morgan fingerprint density at radius 3 is 0.743 bits per heavy atom. The van der Waals surface area contributed by atoms with Crippen LogP contribution in [0.4, 0.5) is 0 Å². The summed E-state index contributed by atoms with van der Waals surface area (Å²) < 4.78 is 0. The number of allylic oxidation sites excluding steroid dienone is 4. The molecule has 0 N–H and O–H groups in total. The van der Waals surface area contributed by atoms with Gasteiger partial charge in [0.15, 0.2) is 8.07 Å². The lowest BCUT2D eigenvalue weighted by atomic mass is 9.79. The second-order valence-corrected chi connectivity index (χ2v) is 31.2. The van der Waals surface area contributed by atoms with E-state index in [-0.39, 0.29) is 38.4 Å². The third-order valence-corrected chi connectivity index (χ3v) is 21.1. The Morgan fingerprint density at radius 2 is 0.543 bits per heavy atom. The van der Waals surface area contributed by atoms with Crippen LogP contribution in [0, 0.1) is 5.92 Å². The molecule has 0 aliphatic heterocycles. The first-order chi connectivity index (χ1) is 32.1. The van der Waals surface area contributed by atoms with Gasteiger partial charge in [-0.2, -0.15) is 0 Å². The summed E-state index contributed by atoms with van der Waals surface area (Å²) in [6.45, 7) is 52.0. The predicted octanol–water partition coefficient (Wildman–Crippen LogP) is 17.8. The van der Waals surface area contributed by atoms with Gasteiger partial charge in [-0.15, -0.1) is 0 Å². The Kier molecular flexibility index (Phi) is 13.8. The van der Waals surface area contributed by atoms with Gasteiger partial charge >= 0.3 is 0 Å². The van der Waals surface area contributed by atoms with Crippen LogP contribution in [0.2, 0.25) is 0 Å². The second kappa shape index (κ2) is 18.3. The Labute approximate surface area is 428 Å². The van der Waals surface area contributed by atoms with Crippen LogP contribution in [-0.4, -0.2) is 8.07 Å². The maximum absolute atomic E-state index is 3.16. The van der Waals surface area contributed by atoms with Crippen LogP contribution in [0.1, 0.15) is 186 Å². The summed E-state index contributed by atoms with van der Waals surface area (Å²) >= 11 is 0. The fraction of sp³-hybridized carbons (Fsp3) is 0.420. The molecule has 0 aromatic heterocycles. The lowest BCUT2D eigenvalue weighted by Crippen LogP contribution is -2.69. The first-order valence-corrected chi connectivity index (χ1v) is 28.3. The molecule has 1 aliphatic rings. The van der Waals surface area contributed by atoms with E-state index in [1.165, 1.54) is 99.0 Å². The van der Waals surface area contributed by atoms with E-state index in [0.29, 0.717) is 0 Å². The molecule has 6 aromatic carbocycles. The summed E-state index contributed by atoms with van der Waals surface area (Å²) in [5.74, 6) is 0.271. The average Bonchev–Trinajstić information content (AvgIpc) is 3.46. The molecule has 0 heterocycles. The van der Waals surface area contributed by atoms with Gasteiger partial charge in [-0.1, -0.05) is 275 Å². The van der Waals surface area contributed by atoms with Crippen LogP contribution in [0.5, 0.6) is 0 Å². The molecule has 6 aromatic rings. The molecular weight excluding hydrogens is 857 g/mol. The fourth-order valence-electron chi connectivity index (χ4n) is 10.7. The predicted molar refractivity (Wildman–Crippen MR) is 313 cm³/mol. The van der Waals surface area contributed by atoms with E-state index in [9.17, 15) is 0 Å². The number of hydrogen-bond donors (Lipinski definition) is 0. The molecule has 368 valence electrons. The lowest BCUT2D eigenvalue weighted by molar-refractivity contribution is 0.568. The maximum Gasteiger partial charge on any atom is 0.176 e. The van der Waals surface area contributed by atoms with Crippen molar-refractivity contribution in [1.82, 2.24) is 0 Å². The first-order valence-electron chi connectivity index (χ1n) is 26.3. The topological polar surface area (TPSA) is 0 Å². The van der Waals surface area contributed by atoms with Crippen molar-refractivity contribution in [3.05, 3.63) is 183 Å². The van der Waals surface area contributed by atoms with Gasteiger partial charge in [0.25, 0.3) is 0 Å². The standard InChI is InChI=1S/C69H88Si/c1-44-45(2)47(4)63(46(44)3)70(60-29-23-26-48(38-60)51-32-54(64(5,6)7)41-55(33-51)65(8,9)10,61-30-24-27-49(39-61)52-34-56(66(11,12)13)42-57(35-52)67(14,15)16)62-31-25-28-50(40-62)53-36-58(68(17,18)19)43-59(37-53)69(20,21)22/h23-43,46H,1-22H3. The minimum absolute atomic E-state index is 0.00320. The molecule has 1 aliphatic carbocycles. The summed E-state index contributed by atoms with van der Waals surface area (Å²) in [6.07, 6.45) is 0. The van der Waals surface area contributed by atoms with Gasteiger partial charge in [-0.25, -0.2) is 0 Å². The van der Waals surface area contributed by atoms with Crippen molar-refractivity contribution in [3.63, 3.8) is 0 Å². The van der Waals surface area contributed by atoms with Gasteiger partial charge in [0.05, 0.1) is 0 Å². The molecule has 0 spiro atoms. The molecule has 7 rings (SSSR count). The molecule has 1 unspecified atom stereocenters. The van der Waals surface area contributed by atoms with Gasteiger partial charge < -0.3 is 0 Å². The molecule has 0 saturated heterocycles. The molecule has 0 amide bonds. The molecule has 0 bridgehead atoms. The zero-order valence-electron chi connectivity index (χ0n) is 47.7. The SMILES string of the molecule is CC1=C(C)C(C)C([Si](c2cccc(-c3cc(C(C)(C)C)cc(C(C)(C)C)c3)c2)(c2cccc(-c3cc(C(C)(C)C)cc(C(C)(C)C)c3)c2)c2cccc(-c3cc(C(C)(C)C)cc(C(C)(C)C)c3)c2)=C1C. The molecule has 1 atom stereocenters. The van der Waals surface area contributed by atoms with Gasteiger partial charge in [-0.3, -0.25) is 0 Å². The molecule has 0 nitrogen and oxygen atoms in total. The van der Waals surface area contributed by atoms with Crippen molar-refractivity contribution in [2.45, 2.75) is 185 Å². The fourth-order valence-corrected chi connectivity index (χ4v) is 16.4. The summed E-state index contributed by atoms with van der Waals surface area (Å²) in [5, 5.41) is 5.89. The Morgan fingerprint density at radius 1 is 0.300 bits per heavy atom.